The second kappa shape index (κ2) is 7.47. The van der Waals surface area contributed by atoms with E-state index in [1.54, 1.807) is 12.1 Å². The number of pyridine rings is 1. The highest BCUT2D eigenvalue weighted by Crippen LogP contribution is 2.09. The Kier molecular flexibility index (Phi) is 5.96. The second-order valence-electron chi connectivity index (χ2n) is 5.17. The highest BCUT2D eigenvalue weighted by Gasteiger charge is 2.09. The van der Waals surface area contributed by atoms with Gasteiger partial charge in [-0.25, -0.2) is 4.79 Å². The Morgan fingerprint density at radius 3 is 2.50 bits per heavy atom. The molecule has 6 heteroatoms. The van der Waals surface area contributed by atoms with Gasteiger partial charge in [-0.1, -0.05) is 20.8 Å². The maximum atomic E-state index is 11.7. The molecule has 6 nitrogen and oxygen atoms in total. The Balaban J connectivity index is 2.44. The first-order valence-corrected chi connectivity index (χ1v) is 6.60. The molecule has 20 heavy (non-hydrogen) atoms. The van der Waals surface area contributed by atoms with Gasteiger partial charge in [0.2, 0.25) is 0 Å². The molecule has 0 saturated heterocycles. The molecule has 1 aromatic heterocycles. The molecule has 0 fully saturated rings. The maximum Gasteiger partial charge on any atom is 0.319 e. The topological polar surface area (TPSA) is 91.3 Å². The number of rotatable bonds is 6. The second-order valence-corrected chi connectivity index (χ2v) is 5.17. The number of carbonyl (C=O) groups excluding carboxylic acids is 1. The van der Waals surface area contributed by atoms with E-state index in [9.17, 15) is 9.59 Å². The number of amides is 2. The molecule has 1 heterocycles. The number of hydrogen-bond donors (Lipinski definition) is 3. The smallest absolute Gasteiger partial charge is 0.319 e. The number of aromatic nitrogens is 1. The summed E-state index contributed by atoms with van der Waals surface area (Å²) in [5.74, 6) is -0.0253. The van der Waals surface area contributed by atoms with Crippen molar-refractivity contribution in [2.24, 2.45) is 11.8 Å². The molecule has 3 N–H and O–H groups in total. The Labute approximate surface area is 118 Å². The Morgan fingerprint density at radius 2 is 2.00 bits per heavy atom. The molecular formula is C14H21N3O3. The van der Waals surface area contributed by atoms with E-state index in [1.165, 1.54) is 6.20 Å². The van der Waals surface area contributed by atoms with Crippen molar-refractivity contribution in [2.75, 3.05) is 11.9 Å². The van der Waals surface area contributed by atoms with Gasteiger partial charge in [0.15, 0.2) is 0 Å². The number of carbonyl (C=O) groups is 2. The summed E-state index contributed by atoms with van der Waals surface area (Å²) in [5, 5.41) is 14.1. The van der Waals surface area contributed by atoms with Crippen LogP contribution in [0.25, 0.3) is 0 Å². The molecule has 1 unspecified atom stereocenters. The number of hydrogen-bond acceptors (Lipinski definition) is 3. The van der Waals surface area contributed by atoms with Crippen molar-refractivity contribution in [3.05, 3.63) is 24.0 Å². The van der Waals surface area contributed by atoms with Crippen LogP contribution in [0.5, 0.6) is 0 Å². The van der Waals surface area contributed by atoms with Gasteiger partial charge in [0.25, 0.3) is 0 Å². The SMILES string of the molecule is CC(C)C(C)CNC(=O)Nc1ccc(CC(=O)O)nc1. The lowest BCUT2D eigenvalue weighted by Crippen LogP contribution is -2.33. The van der Waals surface area contributed by atoms with Gasteiger partial charge in [-0.3, -0.25) is 9.78 Å². The van der Waals surface area contributed by atoms with Crippen LogP contribution in [0.3, 0.4) is 0 Å². The molecule has 1 rings (SSSR count). The Morgan fingerprint density at radius 1 is 1.30 bits per heavy atom. The lowest BCUT2D eigenvalue weighted by Gasteiger charge is -2.16. The normalized spacial score (nSPS) is 12.0. The molecule has 110 valence electrons. The summed E-state index contributed by atoms with van der Waals surface area (Å²) in [7, 11) is 0. The predicted molar refractivity (Wildman–Crippen MR) is 76.6 cm³/mol. The zero-order valence-corrected chi connectivity index (χ0v) is 12.0. The molecule has 2 amide bonds. The zero-order valence-electron chi connectivity index (χ0n) is 12.0. The third kappa shape index (κ3) is 5.69. The van der Waals surface area contributed by atoms with Crippen LogP contribution >= 0.6 is 0 Å². The standard InChI is InChI=1S/C14H21N3O3/c1-9(2)10(3)7-16-14(20)17-12-5-4-11(15-8-12)6-13(18)19/h4-5,8-10H,6-7H2,1-3H3,(H,18,19)(H2,16,17,20). The van der Waals surface area contributed by atoms with Crippen LogP contribution in [0.15, 0.2) is 18.3 Å². The summed E-state index contributed by atoms with van der Waals surface area (Å²) in [6.07, 6.45) is 1.32. The summed E-state index contributed by atoms with van der Waals surface area (Å²) in [5.41, 5.74) is 0.991. The fourth-order valence-corrected chi connectivity index (χ4v) is 1.42. The average molecular weight is 279 g/mol. The number of anilines is 1. The third-order valence-electron chi connectivity index (χ3n) is 3.14. The molecule has 0 radical (unpaired) electrons. The minimum Gasteiger partial charge on any atom is -0.481 e. The van der Waals surface area contributed by atoms with Crippen LogP contribution in [0.4, 0.5) is 10.5 Å². The van der Waals surface area contributed by atoms with Crippen molar-refractivity contribution in [1.82, 2.24) is 10.3 Å². The number of carboxylic acid groups (broad SMARTS) is 1. The number of carboxylic acids is 1. The van der Waals surface area contributed by atoms with Gasteiger partial charge < -0.3 is 15.7 Å². The summed E-state index contributed by atoms with van der Waals surface area (Å²) in [6, 6.07) is 2.93. The first kappa shape index (κ1) is 15.9. The molecule has 0 aromatic carbocycles. The molecule has 0 spiro atoms. The van der Waals surface area contributed by atoms with Crippen molar-refractivity contribution in [2.45, 2.75) is 27.2 Å². The predicted octanol–water partition coefficient (Wildman–Crippen LogP) is 2.12. The first-order valence-electron chi connectivity index (χ1n) is 6.60. The van der Waals surface area contributed by atoms with Crippen molar-refractivity contribution >= 4 is 17.7 Å². The number of nitrogens with one attached hydrogen (secondary N) is 2. The molecule has 0 aliphatic rings. The third-order valence-corrected chi connectivity index (χ3v) is 3.14. The van der Waals surface area contributed by atoms with Gasteiger partial charge in [-0.05, 0) is 24.0 Å². The number of nitrogens with zero attached hydrogens (tertiary/aromatic N) is 1. The molecule has 1 aromatic rings. The lowest BCUT2D eigenvalue weighted by atomic mass is 9.98. The fraction of sp³-hybridized carbons (Fsp3) is 0.500. The number of urea groups is 1. The molecule has 0 bridgehead atoms. The minimum atomic E-state index is -0.932. The van der Waals surface area contributed by atoms with Crippen LogP contribution in [0, 0.1) is 11.8 Å². The highest BCUT2D eigenvalue weighted by atomic mass is 16.4. The van der Waals surface area contributed by atoms with E-state index in [0.717, 1.165) is 0 Å². The van der Waals surface area contributed by atoms with Crippen molar-refractivity contribution < 1.29 is 14.7 Å². The lowest BCUT2D eigenvalue weighted by molar-refractivity contribution is -0.136. The molecular weight excluding hydrogens is 258 g/mol. The molecule has 1 atom stereocenters. The Bertz CT molecular complexity index is 457. The van der Waals surface area contributed by atoms with Crippen molar-refractivity contribution in [3.63, 3.8) is 0 Å². The van der Waals surface area contributed by atoms with E-state index in [2.05, 4.69) is 36.4 Å². The summed E-state index contributed by atoms with van der Waals surface area (Å²) >= 11 is 0. The quantitative estimate of drug-likeness (QED) is 0.744. The molecule has 0 aliphatic carbocycles. The van der Waals surface area contributed by atoms with Crippen LogP contribution in [0.2, 0.25) is 0 Å². The molecule has 0 aliphatic heterocycles. The van der Waals surface area contributed by atoms with Gasteiger partial charge in [-0.2, -0.15) is 0 Å². The summed E-state index contributed by atoms with van der Waals surface area (Å²) in [6.45, 7) is 6.89. The van der Waals surface area contributed by atoms with E-state index >= 15 is 0 Å². The summed E-state index contributed by atoms with van der Waals surface area (Å²) < 4.78 is 0. The van der Waals surface area contributed by atoms with E-state index in [0.29, 0.717) is 29.8 Å². The van der Waals surface area contributed by atoms with Crippen LogP contribution in [-0.4, -0.2) is 28.6 Å². The van der Waals surface area contributed by atoms with Gasteiger partial charge in [0, 0.05) is 6.54 Å². The number of aliphatic carboxylic acids is 1. The van der Waals surface area contributed by atoms with Crippen molar-refractivity contribution in [1.29, 1.82) is 0 Å². The van der Waals surface area contributed by atoms with E-state index in [1.807, 2.05) is 0 Å². The van der Waals surface area contributed by atoms with Gasteiger partial charge in [0.05, 0.1) is 24.0 Å². The van der Waals surface area contributed by atoms with Crippen molar-refractivity contribution in [3.8, 4) is 0 Å². The Hall–Kier alpha value is -2.11. The average Bonchev–Trinajstić information content (AvgIpc) is 2.37. The highest BCUT2D eigenvalue weighted by molar-refractivity contribution is 5.89. The van der Waals surface area contributed by atoms with Crippen LogP contribution < -0.4 is 10.6 Å². The summed E-state index contributed by atoms with van der Waals surface area (Å²) in [4.78, 5) is 26.1. The monoisotopic (exact) mass is 279 g/mol. The van der Waals surface area contributed by atoms with Crippen LogP contribution in [-0.2, 0) is 11.2 Å². The van der Waals surface area contributed by atoms with Gasteiger partial charge in [-0.15, -0.1) is 0 Å². The van der Waals surface area contributed by atoms with E-state index in [4.69, 9.17) is 5.11 Å². The van der Waals surface area contributed by atoms with E-state index in [-0.39, 0.29) is 12.5 Å². The zero-order chi connectivity index (χ0) is 15.1. The largest absolute Gasteiger partial charge is 0.481 e. The first-order chi connectivity index (χ1) is 9.38. The maximum absolute atomic E-state index is 11.7. The fourth-order valence-electron chi connectivity index (χ4n) is 1.42. The van der Waals surface area contributed by atoms with E-state index < -0.39 is 5.97 Å². The molecule has 0 saturated carbocycles. The van der Waals surface area contributed by atoms with Gasteiger partial charge in [0.1, 0.15) is 0 Å². The van der Waals surface area contributed by atoms with Gasteiger partial charge >= 0.3 is 12.0 Å². The van der Waals surface area contributed by atoms with Crippen LogP contribution in [0.1, 0.15) is 26.5 Å². The minimum absolute atomic E-state index is 0.127.